The molecular formula is C20H21N3O4. The van der Waals surface area contributed by atoms with Gasteiger partial charge in [-0.25, -0.2) is 0 Å². The van der Waals surface area contributed by atoms with Crippen LogP contribution in [-0.4, -0.2) is 22.8 Å². The number of carbonyl (C=O) groups is 1. The first-order chi connectivity index (χ1) is 13.2. The van der Waals surface area contributed by atoms with Crippen LogP contribution in [0.2, 0.25) is 0 Å². The van der Waals surface area contributed by atoms with Crippen molar-refractivity contribution in [3.8, 4) is 17.0 Å². The zero-order valence-electron chi connectivity index (χ0n) is 15.3. The summed E-state index contributed by atoms with van der Waals surface area (Å²) in [4.78, 5) is 12.6. The summed E-state index contributed by atoms with van der Waals surface area (Å²) in [6, 6.07) is 9.23. The molecule has 140 valence electrons. The minimum Gasteiger partial charge on any atom is -0.493 e. The lowest BCUT2D eigenvalue weighted by Gasteiger charge is -2.16. The molecule has 1 aliphatic rings. The van der Waals surface area contributed by atoms with Crippen LogP contribution in [0, 0.1) is 5.92 Å². The second-order valence-corrected chi connectivity index (χ2v) is 6.74. The lowest BCUT2D eigenvalue weighted by Crippen LogP contribution is -2.17. The Morgan fingerprint density at radius 1 is 1.30 bits per heavy atom. The highest BCUT2D eigenvalue weighted by molar-refractivity contribution is 6.03. The summed E-state index contributed by atoms with van der Waals surface area (Å²) in [6.45, 7) is 4.63. The number of nitrogens with zero attached hydrogens (tertiary/aromatic N) is 2. The maximum atomic E-state index is 12.6. The molecule has 0 spiro atoms. The van der Waals surface area contributed by atoms with Gasteiger partial charge in [0.2, 0.25) is 5.88 Å². The van der Waals surface area contributed by atoms with E-state index in [-0.39, 0.29) is 11.8 Å². The third kappa shape index (κ3) is 3.45. The molecule has 0 radical (unpaired) electrons. The summed E-state index contributed by atoms with van der Waals surface area (Å²) < 4.78 is 16.2. The van der Waals surface area contributed by atoms with Gasteiger partial charge in [-0.15, -0.1) is 0 Å². The Balaban J connectivity index is 1.54. The Kier molecular flexibility index (Phi) is 4.66. The number of para-hydroxylation sites is 1. The SMILES string of the molecule is CCOc1ccccc1-c1cc(NC(=O)c2noc3c2CC(C)CC3)on1. The third-order valence-corrected chi connectivity index (χ3v) is 4.71. The number of hydrogen-bond acceptors (Lipinski definition) is 6. The quantitative estimate of drug-likeness (QED) is 0.730. The van der Waals surface area contributed by atoms with Gasteiger partial charge >= 0.3 is 0 Å². The van der Waals surface area contributed by atoms with Gasteiger partial charge in [0.1, 0.15) is 17.2 Å². The molecule has 0 bridgehead atoms. The summed E-state index contributed by atoms with van der Waals surface area (Å²) in [5, 5.41) is 10.7. The van der Waals surface area contributed by atoms with Crippen LogP contribution >= 0.6 is 0 Å². The Morgan fingerprint density at radius 3 is 3.00 bits per heavy atom. The van der Waals surface area contributed by atoms with Gasteiger partial charge in [-0.05, 0) is 37.8 Å². The molecule has 2 heterocycles. The van der Waals surface area contributed by atoms with Crippen LogP contribution in [0.3, 0.4) is 0 Å². The number of ether oxygens (including phenoxy) is 1. The first-order valence-electron chi connectivity index (χ1n) is 9.13. The van der Waals surface area contributed by atoms with Crippen LogP contribution < -0.4 is 10.1 Å². The number of fused-ring (bicyclic) bond motifs is 1. The van der Waals surface area contributed by atoms with Crippen molar-refractivity contribution >= 4 is 11.8 Å². The van der Waals surface area contributed by atoms with Crippen LogP contribution in [0.1, 0.15) is 42.1 Å². The van der Waals surface area contributed by atoms with E-state index in [1.165, 1.54) is 0 Å². The third-order valence-electron chi connectivity index (χ3n) is 4.71. The number of nitrogens with one attached hydrogen (secondary N) is 1. The maximum absolute atomic E-state index is 12.6. The molecule has 0 fully saturated rings. The highest BCUT2D eigenvalue weighted by Gasteiger charge is 2.27. The molecule has 0 saturated heterocycles. The maximum Gasteiger partial charge on any atom is 0.280 e. The summed E-state index contributed by atoms with van der Waals surface area (Å²) in [6.07, 6.45) is 2.66. The van der Waals surface area contributed by atoms with E-state index < -0.39 is 0 Å². The van der Waals surface area contributed by atoms with Gasteiger partial charge in [0, 0.05) is 23.6 Å². The number of carbonyl (C=O) groups excluding carboxylic acids is 1. The van der Waals surface area contributed by atoms with E-state index in [1.54, 1.807) is 6.07 Å². The van der Waals surface area contributed by atoms with E-state index >= 15 is 0 Å². The zero-order chi connectivity index (χ0) is 18.8. The lowest BCUT2D eigenvalue weighted by molar-refractivity contribution is 0.101. The highest BCUT2D eigenvalue weighted by atomic mass is 16.5. The number of aromatic nitrogens is 2. The molecule has 1 amide bonds. The minimum atomic E-state index is -0.352. The summed E-state index contributed by atoms with van der Waals surface area (Å²) in [5.74, 6) is 1.93. The Hall–Kier alpha value is -3.09. The molecule has 7 nitrogen and oxygen atoms in total. The molecule has 1 N–H and O–H groups in total. The van der Waals surface area contributed by atoms with Gasteiger partial charge in [-0.1, -0.05) is 29.4 Å². The summed E-state index contributed by atoms with van der Waals surface area (Å²) in [5.41, 5.74) is 2.61. The van der Waals surface area contributed by atoms with Crippen molar-refractivity contribution in [2.75, 3.05) is 11.9 Å². The van der Waals surface area contributed by atoms with Gasteiger partial charge in [-0.2, -0.15) is 0 Å². The fraction of sp³-hybridized carbons (Fsp3) is 0.350. The monoisotopic (exact) mass is 367 g/mol. The first kappa shape index (κ1) is 17.3. The van der Waals surface area contributed by atoms with Gasteiger partial charge in [0.05, 0.1) is 6.61 Å². The zero-order valence-corrected chi connectivity index (χ0v) is 15.3. The molecule has 4 rings (SSSR count). The van der Waals surface area contributed by atoms with Gasteiger partial charge in [0.15, 0.2) is 5.69 Å². The minimum absolute atomic E-state index is 0.252. The molecule has 0 aliphatic heterocycles. The Bertz CT molecular complexity index is 960. The standard InChI is InChI=1S/C20H21N3O4/c1-3-25-16-7-5-4-6-13(16)15-11-18(27-22-15)21-20(24)19-14-10-12(2)8-9-17(14)26-23-19/h4-7,11-12H,3,8-10H2,1-2H3,(H,21,24). The molecule has 1 atom stereocenters. The lowest BCUT2D eigenvalue weighted by atomic mass is 9.88. The molecule has 1 aromatic carbocycles. The normalized spacial score (nSPS) is 16.0. The van der Waals surface area contributed by atoms with Crippen LogP contribution in [0.5, 0.6) is 5.75 Å². The van der Waals surface area contributed by atoms with Crippen LogP contribution in [0.15, 0.2) is 39.4 Å². The van der Waals surface area contributed by atoms with Crippen molar-refractivity contribution in [2.24, 2.45) is 5.92 Å². The number of anilines is 1. The molecule has 27 heavy (non-hydrogen) atoms. The van der Waals surface area contributed by atoms with E-state index in [0.717, 1.165) is 36.1 Å². The van der Waals surface area contributed by atoms with Gasteiger partial charge < -0.3 is 13.8 Å². The number of hydrogen-bond donors (Lipinski definition) is 1. The molecular weight excluding hydrogens is 346 g/mol. The van der Waals surface area contributed by atoms with Gasteiger partial charge in [0.25, 0.3) is 5.91 Å². The van der Waals surface area contributed by atoms with E-state index in [2.05, 4.69) is 22.6 Å². The van der Waals surface area contributed by atoms with E-state index in [4.69, 9.17) is 13.8 Å². The van der Waals surface area contributed by atoms with Crippen LogP contribution in [0.4, 0.5) is 5.88 Å². The van der Waals surface area contributed by atoms with Gasteiger partial charge in [-0.3, -0.25) is 10.1 Å². The topological polar surface area (TPSA) is 90.4 Å². The number of amides is 1. The first-order valence-corrected chi connectivity index (χ1v) is 9.13. The molecule has 1 unspecified atom stereocenters. The fourth-order valence-electron chi connectivity index (χ4n) is 3.35. The number of aryl methyl sites for hydroxylation is 1. The number of benzene rings is 1. The van der Waals surface area contributed by atoms with Crippen molar-refractivity contribution in [3.63, 3.8) is 0 Å². The van der Waals surface area contributed by atoms with E-state index in [9.17, 15) is 4.79 Å². The van der Waals surface area contributed by atoms with Crippen LogP contribution in [0.25, 0.3) is 11.3 Å². The summed E-state index contributed by atoms with van der Waals surface area (Å²) >= 11 is 0. The smallest absolute Gasteiger partial charge is 0.280 e. The van der Waals surface area contributed by atoms with Crippen molar-refractivity contribution in [3.05, 3.63) is 47.3 Å². The molecule has 1 aliphatic carbocycles. The molecule has 3 aromatic rings. The van der Waals surface area contributed by atoms with E-state index in [1.807, 2.05) is 31.2 Å². The Labute approximate surface area is 156 Å². The van der Waals surface area contributed by atoms with Crippen molar-refractivity contribution < 1.29 is 18.6 Å². The second-order valence-electron chi connectivity index (χ2n) is 6.74. The predicted octanol–water partition coefficient (Wildman–Crippen LogP) is 4.11. The fourth-order valence-corrected chi connectivity index (χ4v) is 3.35. The molecule has 7 heteroatoms. The van der Waals surface area contributed by atoms with Crippen molar-refractivity contribution in [1.29, 1.82) is 0 Å². The largest absolute Gasteiger partial charge is 0.493 e. The molecule has 0 saturated carbocycles. The van der Waals surface area contributed by atoms with E-state index in [0.29, 0.717) is 29.7 Å². The number of rotatable bonds is 5. The molecule has 2 aromatic heterocycles. The second kappa shape index (κ2) is 7.26. The Morgan fingerprint density at radius 2 is 2.15 bits per heavy atom. The van der Waals surface area contributed by atoms with Crippen molar-refractivity contribution in [1.82, 2.24) is 10.3 Å². The average Bonchev–Trinajstić information content (AvgIpc) is 3.29. The highest BCUT2D eigenvalue weighted by Crippen LogP contribution is 2.31. The summed E-state index contributed by atoms with van der Waals surface area (Å²) in [7, 11) is 0. The van der Waals surface area contributed by atoms with Crippen LogP contribution in [-0.2, 0) is 12.8 Å². The van der Waals surface area contributed by atoms with Crippen molar-refractivity contribution in [2.45, 2.75) is 33.1 Å². The average molecular weight is 367 g/mol. The predicted molar refractivity (Wildman–Crippen MR) is 98.8 cm³/mol.